The minimum atomic E-state index is -0.306. The summed E-state index contributed by atoms with van der Waals surface area (Å²) in [5.41, 5.74) is -0.0253. The molecule has 0 aliphatic heterocycles. The summed E-state index contributed by atoms with van der Waals surface area (Å²) in [5, 5.41) is 29.8. The van der Waals surface area contributed by atoms with Gasteiger partial charge in [0.2, 0.25) is 0 Å². The molecule has 0 bridgehead atoms. The Morgan fingerprint density at radius 1 is 1.11 bits per heavy atom. The van der Waals surface area contributed by atoms with Crippen molar-refractivity contribution in [2.75, 3.05) is 5.32 Å². The lowest BCUT2D eigenvalue weighted by Crippen LogP contribution is -2.03. The summed E-state index contributed by atoms with van der Waals surface area (Å²) in [6.45, 7) is 0. The predicted molar refractivity (Wildman–Crippen MR) is 76.7 cm³/mol. The fraction of sp³-hybridized carbons (Fsp3) is 0. The molecule has 0 saturated heterocycles. The molecule has 1 aromatic carbocycles. The van der Waals surface area contributed by atoms with Crippen LogP contribution in [0.15, 0.2) is 23.4 Å². The molecule has 0 unspecified atom stereocenters. The van der Waals surface area contributed by atoms with Gasteiger partial charge in [0.15, 0.2) is 5.57 Å². The highest BCUT2D eigenvalue weighted by atomic mass is 127. The summed E-state index contributed by atoms with van der Waals surface area (Å²) in [4.78, 5) is 0. The summed E-state index contributed by atoms with van der Waals surface area (Å²) < 4.78 is 0.674. The van der Waals surface area contributed by atoms with Gasteiger partial charge in [-0.05, 0) is 34.7 Å². The van der Waals surface area contributed by atoms with E-state index in [1.807, 2.05) is 22.6 Å². The highest BCUT2D eigenvalue weighted by Crippen LogP contribution is 2.32. The minimum Gasteiger partial charge on any atom is -0.343 e. The van der Waals surface area contributed by atoms with Crippen LogP contribution in [-0.2, 0) is 0 Å². The molecule has 0 radical (unpaired) electrons. The van der Waals surface area contributed by atoms with Crippen LogP contribution in [0.25, 0.3) is 0 Å². The second kappa shape index (κ2) is 6.47. The van der Waals surface area contributed by atoms with Crippen LogP contribution in [0, 0.1) is 37.6 Å². The molecule has 0 saturated carbocycles. The van der Waals surface area contributed by atoms with Crippen molar-refractivity contribution in [1.82, 2.24) is 0 Å². The van der Waals surface area contributed by atoms with Gasteiger partial charge in [0.1, 0.15) is 23.9 Å². The first-order valence-electron chi connectivity index (χ1n) is 4.39. The van der Waals surface area contributed by atoms with E-state index in [2.05, 4.69) is 5.32 Å². The van der Waals surface area contributed by atoms with Crippen molar-refractivity contribution < 1.29 is 0 Å². The van der Waals surface area contributed by atoms with Gasteiger partial charge in [-0.3, -0.25) is 0 Å². The molecule has 0 aromatic heterocycles. The monoisotopic (exact) mass is 388 g/mol. The smallest absolute Gasteiger partial charge is 0.163 e. The van der Waals surface area contributed by atoms with Gasteiger partial charge in [0.25, 0.3) is 0 Å². The molecule has 0 heterocycles. The maximum atomic E-state index is 8.91. The first kappa shape index (κ1) is 14.6. The number of nitrogens with one attached hydrogen (secondary N) is 1. The molecule has 1 aromatic rings. The molecule has 1 N–H and O–H groups in total. The number of hydrogen-bond acceptors (Lipinski definition) is 4. The van der Waals surface area contributed by atoms with Crippen molar-refractivity contribution in [2.45, 2.75) is 0 Å². The quantitative estimate of drug-likeness (QED) is 0.616. The molecule has 0 amide bonds. The molecular weight excluding hydrogens is 386 g/mol. The maximum absolute atomic E-state index is 8.91. The van der Waals surface area contributed by atoms with Gasteiger partial charge in [0, 0.05) is 8.59 Å². The highest BCUT2D eigenvalue weighted by molar-refractivity contribution is 14.1. The Balaban J connectivity index is 3.30. The van der Waals surface area contributed by atoms with Crippen molar-refractivity contribution in [1.29, 1.82) is 15.8 Å². The summed E-state index contributed by atoms with van der Waals surface area (Å²) in [5.74, 6) is 0. The zero-order chi connectivity index (χ0) is 13.7. The Bertz CT molecular complexity index is 607. The third-order valence-corrected chi connectivity index (χ3v) is 3.21. The number of allylic oxidation sites excluding steroid dienone is 2. The van der Waals surface area contributed by atoms with E-state index in [1.165, 1.54) is 6.07 Å². The van der Waals surface area contributed by atoms with Crippen molar-refractivity contribution in [3.63, 3.8) is 0 Å². The third kappa shape index (κ3) is 3.27. The van der Waals surface area contributed by atoms with E-state index in [0.717, 1.165) is 0 Å². The number of halogens is 3. The molecule has 7 heteroatoms. The molecule has 0 fully saturated rings. The van der Waals surface area contributed by atoms with Crippen LogP contribution >= 0.6 is 45.8 Å². The van der Waals surface area contributed by atoms with Crippen LogP contribution in [0.5, 0.6) is 0 Å². The first-order valence-corrected chi connectivity index (χ1v) is 6.23. The fourth-order valence-electron chi connectivity index (χ4n) is 1.07. The average molecular weight is 389 g/mol. The molecule has 0 spiro atoms. The second-order valence-electron chi connectivity index (χ2n) is 2.95. The lowest BCUT2D eigenvalue weighted by molar-refractivity contribution is 1.37. The Morgan fingerprint density at radius 3 is 2.17 bits per heavy atom. The fourth-order valence-corrected chi connectivity index (χ4v) is 2.71. The van der Waals surface area contributed by atoms with E-state index >= 15 is 0 Å². The molecule has 1 rings (SSSR count). The van der Waals surface area contributed by atoms with Crippen LogP contribution in [0.3, 0.4) is 0 Å². The van der Waals surface area contributed by atoms with Crippen LogP contribution in [-0.4, -0.2) is 0 Å². The zero-order valence-electron chi connectivity index (χ0n) is 8.63. The lowest BCUT2D eigenvalue weighted by atomic mass is 10.2. The Morgan fingerprint density at radius 2 is 1.72 bits per heavy atom. The molecule has 4 nitrogen and oxygen atoms in total. The zero-order valence-corrected chi connectivity index (χ0v) is 12.3. The molecule has 0 aliphatic carbocycles. The maximum Gasteiger partial charge on any atom is 0.163 e. The van der Waals surface area contributed by atoms with E-state index in [9.17, 15) is 0 Å². The number of nitriles is 3. The predicted octanol–water partition coefficient (Wildman–Crippen LogP) is 3.83. The number of nitrogens with zero attached hydrogens (tertiary/aromatic N) is 3. The van der Waals surface area contributed by atoms with Crippen molar-refractivity contribution >= 4 is 51.5 Å². The normalized spacial score (nSPS) is 8.67. The van der Waals surface area contributed by atoms with E-state index in [1.54, 1.807) is 24.3 Å². The Hall–Kier alpha value is -1.46. The number of rotatable bonds is 2. The van der Waals surface area contributed by atoms with Gasteiger partial charge in [-0.15, -0.1) is 0 Å². The van der Waals surface area contributed by atoms with Crippen LogP contribution in [0.1, 0.15) is 0 Å². The summed E-state index contributed by atoms with van der Waals surface area (Å²) >= 11 is 13.8. The summed E-state index contributed by atoms with van der Waals surface area (Å²) in [7, 11) is 0. The first-order chi connectivity index (χ1) is 8.53. The van der Waals surface area contributed by atoms with E-state index in [0.29, 0.717) is 19.3 Å². The molecule has 0 aliphatic rings. The number of anilines is 1. The molecular formula is C11H3Cl2IN4. The Labute approximate surface area is 127 Å². The lowest BCUT2D eigenvalue weighted by Gasteiger charge is -2.09. The van der Waals surface area contributed by atoms with Gasteiger partial charge < -0.3 is 5.32 Å². The van der Waals surface area contributed by atoms with Gasteiger partial charge in [0.05, 0.1) is 10.7 Å². The van der Waals surface area contributed by atoms with Crippen LogP contribution in [0.2, 0.25) is 10.0 Å². The van der Waals surface area contributed by atoms with Gasteiger partial charge in [-0.1, -0.05) is 23.2 Å². The van der Waals surface area contributed by atoms with Crippen molar-refractivity contribution in [2.24, 2.45) is 0 Å². The summed E-state index contributed by atoms with van der Waals surface area (Å²) in [6.07, 6.45) is 0. The van der Waals surface area contributed by atoms with Gasteiger partial charge in [-0.25, -0.2) is 0 Å². The minimum absolute atomic E-state index is 0.151. The third-order valence-electron chi connectivity index (χ3n) is 1.84. The standard InChI is InChI=1S/C11H3Cl2IN4/c12-7-1-8(13)11(9(14)2-7)18-10(5-17)6(3-15)4-16/h1-2,18H. The van der Waals surface area contributed by atoms with E-state index in [4.69, 9.17) is 39.0 Å². The second-order valence-corrected chi connectivity index (χ2v) is 4.96. The van der Waals surface area contributed by atoms with Crippen molar-refractivity contribution in [3.05, 3.63) is 37.0 Å². The highest BCUT2D eigenvalue weighted by Gasteiger charge is 2.12. The topological polar surface area (TPSA) is 83.4 Å². The number of benzene rings is 1. The number of hydrogen-bond donors (Lipinski definition) is 1. The van der Waals surface area contributed by atoms with Crippen LogP contribution in [0.4, 0.5) is 5.69 Å². The summed E-state index contributed by atoms with van der Waals surface area (Å²) in [6, 6.07) is 8.16. The van der Waals surface area contributed by atoms with Crippen LogP contribution < -0.4 is 5.32 Å². The van der Waals surface area contributed by atoms with Crippen molar-refractivity contribution in [3.8, 4) is 18.2 Å². The van der Waals surface area contributed by atoms with Gasteiger partial charge >= 0.3 is 0 Å². The average Bonchev–Trinajstić information content (AvgIpc) is 2.32. The Kier molecular flexibility index (Phi) is 5.25. The SMILES string of the molecule is N#CC(C#N)=C(C#N)Nc1c(Cl)cc(Cl)cc1I. The molecule has 88 valence electrons. The van der Waals surface area contributed by atoms with Gasteiger partial charge in [-0.2, -0.15) is 15.8 Å². The largest absolute Gasteiger partial charge is 0.343 e. The molecule has 0 atom stereocenters. The van der Waals surface area contributed by atoms with E-state index < -0.39 is 0 Å². The van der Waals surface area contributed by atoms with E-state index in [-0.39, 0.29) is 11.3 Å². The molecule has 18 heavy (non-hydrogen) atoms.